The van der Waals surface area contributed by atoms with Crippen LogP contribution in [0.5, 0.6) is 11.5 Å². The lowest BCUT2D eigenvalue weighted by molar-refractivity contribution is 0.394. The van der Waals surface area contributed by atoms with E-state index in [9.17, 15) is 0 Å². The summed E-state index contributed by atoms with van der Waals surface area (Å²) in [5.41, 5.74) is 1.23. The fraction of sp³-hybridized carbons (Fsp3) is 0.200. The second-order valence-corrected chi connectivity index (χ2v) is 5.50. The summed E-state index contributed by atoms with van der Waals surface area (Å²) >= 11 is 7.74. The molecular weight excluding hydrogens is 280 g/mol. The zero-order valence-electron chi connectivity index (χ0n) is 11.1. The van der Waals surface area contributed by atoms with Crippen molar-refractivity contribution in [2.75, 3.05) is 14.2 Å². The third-order valence-electron chi connectivity index (χ3n) is 2.75. The summed E-state index contributed by atoms with van der Waals surface area (Å²) in [6.45, 7) is 2.09. The Morgan fingerprint density at radius 3 is 2.26 bits per heavy atom. The van der Waals surface area contributed by atoms with Crippen LogP contribution in [0.1, 0.15) is 5.56 Å². The lowest BCUT2D eigenvalue weighted by Gasteiger charge is -2.12. The molecule has 2 nitrogen and oxygen atoms in total. The zero-order chi connectivity index (χ0) is 13.8. The van der Waals surface area contributed by atoms with Gasteiger partial charge in [0.2, 0.25) is 0 Å². The first-order valence-electron chi connectivity index (χ1n) is 5.80. The van der Waals surface area contributed by atoms with Crippen LogP contribution in [0.3, 0.4) is 0 Å². The Morgan fingerprint density at radius 1 is 0.947 bits per heavy atom. The molecule has 0 heterocycles. The Bertz CT molecular complexity index is 584. The highest BCUT2D eigenvalue weighted by molar-refractivity contribution is 7.99. The molecule has 0 N–H and O–H groups in total. The van der Waals surface area contributed by atoms with Crippen LogP contribution in [0, 0.1) is 6.92 Å². The normalized spacial score (nSPS) is 10.3. The van der Waals surface area contributed by atoms with E-state index in [0.29, 0.717) is 10.8 Å². The fourth-order valence-corrected chi connectivity index (χ4v) is 2.95. The van der Waals surface area contributed by atoms with Gasteiger partial charge in [0.1, 0.15) is 11.5 Å². The monoisotopic (exact) mass is 294 g/mol. The molecule has 0 fully saturated rings. The highest BCUT2D eigenvalue weighted by Gasteiger charge is 2.12. The molecule has 0 aliphatic heterocycles. The van der Waals surface area contributed by atoms with Crippen LogP contribution in [0.25, 0.3) is 0 Å². The number of hydrogen-bond donors (Lipinski definition) is 0. The van der Waals surface area contributed by atoms with E-state index >= 15 is 0 Å². The van der Waals surface area contributed by atoms with Crippen LogP contribution in [0.2, 0.25) is 5.02 Å². The SMILES string of the molecule is COc1cc(Sc2ccccc2C)c(OC)cc1Cl. The maximum atomic E-state index is 6.10. The number of ether oxygens (including phenoxy) is 2. The van der Waals surface area contributed by atoms with Gasteiger partial charge in [-0.1, -0.05) is 41.6 Å². The highest BCUT2D eigenvalue weighted by atomic mass is 35.5. The summed E-state index contributed by atoms with van der Waals surface area (Å²) in [6.07, 6.45) is 0. The molecule has 0 atom stereocenters. The third-order valence-corrected chi connectivity index (χ3v) is 4.26. The maximum absolute atomic E-state index is 6.10. The van der Waals surface area contributed by atoms with E-state index < -0.39 is 0 Å². The molecule has 19 heavy (non-hydrogen) atoms. The van der Waals surface area contributed by atoms with E-state index in [1.165, 1.54) is 10.5 Å². The molecule has 2 rings (SSSR count). The second-order valence-electron chi connectivity index (χ2n) is 4.01. The van der Waals surface area contributed by atoms with Gasteiger partial charge in [0.15, 0.2) is 0 Å². The van der Waals surface area contributed by atoms with Gasteiger partial charge >= 0.3 is 0 Å². The smallest absolute Gasteiger partial charge is 0.138 e. The Hall–Kier alpha value is -1.32. The van der Waals surface area contributed by atoms with Crippen molar-refractivity contribution < 1.29 is 9.47 Å². The molecule has 100 valence electrons. The van der Waals surface area contributed by atoms with Crippen LogP contribution in [-0.4, -0.2) is 14.2 Å². The van der Waals surface area contributed by atoms with Crippen LogP contribution in [-0.2, 0) is 0 Å². The largest absolute Gasteiger partial charge is 0.496 e. The van der Waals surface area contributed by atoms with Gasteiger partial charge in [-0.15, -0.1) is 0 Å². The summed E-state index contributed by atoms with van der Waals surface area (Å²) in [4.78, 5) is 2.17. The van der Waals surface area contributed by atoms with Crippen LogP contribution in [0.4, 0.5) is 0 Å². The molecule has 0 radical (unpaired) electrons. The summed E-state index contributed by atoms with van der Waals surface area (Å²) in [7, 11) is 3.25. The molecule has 0 unspecified atom stereocenters. The van der Waals surface area contributed by atoms with Gasteiger partial charge in [-0.3, -0.25) is 0 Å². The molecule has 0 bridgehead atoms. The van der Waals surface area contributed by atoms with Crippen molar-refractivity contribution in [1.29, 1.82) is 0 Å². The van der Waals surface area contributed by atoms with Crippen molar-refractivity contribution in [3.63, 3.8) is 0 Å². The van der Waals surface area contributed by atoms with Crippen molar-refractivity contribution in [3.05, 3.63) is 47.0 Å². The standard InChI is InChI=1S/C15H15ClO2S/c1-10-6-4-5-7-14(10)19-15-9-12(17-2)11(16)8-13(15)18-3/h4-9H,1-3H3. The topological polar surface area (TPSA) is 18.5 Å². The van der Waals surface area contributed by atoms with E-state index in [-0.39, 0.29) is 0 Å². The lowest BCUT2D eigenvalue weighted by Crippen LogP contribution is -1.91. The average molecular weight is 295 g/mol. The summed E-state index contributed by atoms with van der Waals surface area (Å²) in [5, 5.41) is 0.550. The number of aryl methyl sites for hydroxylation is 1. The predicted octanol–water partition coefficient (Wildman–Crippen LogP) is 4.82. The average Bonchev–Trinajstić information content (AvgIpc) is 2.42. The van der Waals surface area contributed by atoms with E-state index in [2.05, 4.69) is 19.1 Å². The second kappa shape index (κ2) is 6.22. The van der Waals surface area contributed by atoms with Gasteiger partial charge in [-0.25, -0.2) is 0 Å². The zero-order valence-corrected chi connectivity index (χ0v) is 12.6. The molecule has 2 aromatic rings. The van der Waals surface area contributed by atoms with Crippen LogP contribution < -0.4 is 9.47 Å². The van der Waals surface area contributed by atoms with Crippen LogP contribution >= 0.6 is 23.4 Å². The molecule has 4 heteroatoms. The summed E-state index contributed by atoms with van der Waals surface area (Å²) in [5.74, 6) is 1.40. The molecule has 0 aliphatic rings. The summed E-state index contributed by atoms with van der Waals surface area (Å²) < 4.78 is 10.6. The van der Waals surface area contributed by atoms with Gasteiger partial charge < -0.3 is 9.47 Å². The molecule has 0 saturated heterocycles. The third kappa shape index (κ3) is 3.17. The van der Waals surface area contributed by atoms with Crippen molar-refractivity contribution in [2.24, 2.45) is 0 Å². The Balaban J connectivity index is 2.41. The molecule has 0 saturated carbocycles. The van der Waals surface area contributed by atoms with Gasteiger partial charge in [0.25, 0.3) is 0 Å². The van der Waals surface area contributed by atoms with E-state index in [1.807, 2.05) is 18.2 Å². The predicted molar refractivity (Wildman–Crippen MR) is 79.9 cm³/mol. The van der Waals surface area contributed by atoms with Crippen molar-refractivity contribution in [3.8, 4) is 11.5 Å². The van der Waals surface area contributed by atoms with Crippen LogP contribution in [0.15, 0.2) is 46.2 Å². The molecule has 0 amide bonds. The van der Waals surface area contributed by atoms with Gasteiger partial charge in [0, 0.05) is 11.0 Å². The minimum atomic E-state index is 0.550. The van der Waals surface area contributed by atoms with Crippen molar-refractivity contribution in [1.82, 2.24) is 0 Å². The first-order chi connectivity index (χ1) is 9.15. The van der Waals surface area contributed by atoms with Gasteiger partial charge in [0.05, 0.1) is 24.1 Å². The highest BCUT2D eigenvalue weighted by Crippen LogP contribution is 2.41. The molecule has 0 aliphatic carbocycles. The Morgan fingerprint density at radius 2 is 1.63 bits per heavy atom. The number of halogens is 1. The first-order valence-corrected chi connectivity index (χ1v) is 7.00. The van der Waals surface area contributed by atoms with E-state index in [0.717, 1.165) is 10.6 Å². The van der Waals surface area contributed by atoms with Gasteiger partial charge in [-0.05, 0) is 24.6 Å². The number of hydrogen-bond acceptors (Lipinski definition) is 3. The minimum Gasteiger partial charge on any atom is -0.496 e. The molecule has 2 aromatic carbocycles. The fourth-order valence-electron chi connectivity index (χ4n) is 1.70. The molecule has 0 aromatic heterocycles. The van der Waals surface area contributed by atoms with E-state index in [4.69, 9.17) is 21.1 Å². The van der Waals surface area contributed by atoms with Crippen molar-refractivity contribution >= 4 is 23.4 Å². The van der Waals surface area contributed by atoms with E-state index in [1.54, 1.807) is 32.0 Å². The van der Waals surface area contributed by atoms with Crippen molar-refractivity contribution in [2.45, 2.75) is 16.7 Å². The maximum Gasteiger partial charge on any atom is 0.138 e. The first kappa shape index (κ1) is 14.1. The van der Waals surface area contributed by atoms with Gasteiger partial charge in [-0.2, -0.15) is 0 Å². The minimum absolute atomic E-state index is 0.550. The molecular formula is C15H15ClO2S. The number of methoxy groups -OCH3 is 2. The quantitative estimate of drug-likeness (QED) is 0.805. The number of benzene rings is 2. The summed E-state index contributed by atoms with van der Waals surface area (Å²) in [6, 6.07) is 11.9. The number of rotatable bonds is 4. The Labute approximate surface area is 122 Å². The molecule has 0 spiro atoms. The lowest BCUT2D eigenvalue weighted by atomic mass is 10.2. The Kier molecular flexibility index (Phi) is 4.61.